The summed E-state index contributed by atoms with van der Waals surface area (Å²) in [5.41, 5.74) is 1.45. The van der Waals surface area contributed by atoms with Gasteiger partial charge in [0.05, 0.1) is 17.4 Å². The van der Waals surface area contributed by atoms with E-state index < -0.39 is 17.3 Å². The third-order valence-corrected chi connectivity index (χ3v) is 5.46. The zero-order valence-electron chi connectivity index (χ0n) is 15.0. The van der Waals surface area contributed by atoms with E-state index >= 15 is 0 Å². The molecule has 1 heterocycles. The minimum Gasteiger partial charge on any atom is -0.452 e. The maximum absolute atomic E-state index is 12.5. The molecule has 140 valence electrons. The summed E-state index contributed by atoms with van der Waals surface area (Å²) < 4.78 is 5.27. The molecule has 0 aromatic heterocycles. The molecule has 1 aliphatic rings. The van der Waals surface area contributed by atoms with Crippen molar-refractivity contribution in [3.63, 3.8) is 0 Å². The number of fused-ring (bicyclic) bond motifs is 1. The van der Waals surface area contributed by atoms with Gasteiger partial charge >= 0.3 is 5.97 Å². The molecule has 1 N–H and O–H groups in total. The van der Waals surface area contributed by atoms with Crippen LogP contribution in [0.2, 0.25) is 0 Å². The van der Waals surface area contributed by atoms with Gasteiger partial charge in [-0.05, 0) is 31.2 Å². The highest BCUT2D eigenvalue weighted by molar-refractivity contribution is 8.01. The average molecular weight is 384 g/mol. The molecule has 0 saturated carbocycles. The first-order valence-corrected chi connectivity index (χ1v) is 9.42. The summed E-state index contributed by atoms with van der Waals surface area (Å²) >= 11 is 1.32. The van der Waals surface area contributed by atoms with Gasteiger partial charge in [-0.3, -0.25) is 14.4 Å². The van der Waals surface area contributed by atoms with Gasteiger partial charge in [0.1, 0.15) is 0 Å². The number of para-hydroxylation sites is 2. The number of anilines is 2. The minimum absolute atomic E-state index is 0.0997. The van der Waals surface area contributed by atoms with Crippen LogP contribution in [0.4, 0.5) is 11.4 Å². The lowest BCUT2D eigenvalue weighted by molar-refractivity contribution is -0.154. The normalized spacial score (nSPS) is 16.7. The van der Waals surface area contributed by atoms with Crippen molar-refractivity contribution >= 4 is 40.9 Å². The van der Waals surface area contributed by atoms with E-state index in [1.165, 1.54) is 23.6 Å². The second-order valence-electron chi connectivity index (χ2n) is 6.16. The summed E-state index contributed by atoms with van der Waals surface area (Å²) in [4.78, 5) is 39.3. The van der Waals surface area contributed by atoms with Crippen molar-refractivity contribution in [2.24, 2.45) is 0 Å². The van der Waals surface area contributed by atoms with Crippen LogP contribution in [0.5, 0.6) is 0 Å². The van der Waals surface area contributed by atoms with Gasteiger partial charge in [0.25, 0.3) is 5.91 Å². The predicted octanol–water partition coefficient (Wildman–Crippen LogP) is 3.08. The quantitative estimate of drug-likeness (QED) is 0.802. The van der Waals surface area contributed by atoms with E-state index in [2.05, 4.69) is 5.32 Å². The fourth-order valence-corrected chi connectivity index (χ4v) is 3.82. The molecule has 1 aliphatic heterocycles. The number of thioether (sulfide) groups is 1. The first-order chi connectivity index (χ1) is 13.0. The molecule has 0 spiro atoms. The summed E-state index contributed by atoms with van der Waals surface area (Å²) in [6, 6.07) is 16.5. The van der Waals surface area contributed by atoms with Gasteiger partial charge in [0, 0.05) is 17.6 Å². The number of carbonyl (C=O) groups is 3. The van der Waals surface area contributed by atoms with Gasteiger partial charge in [-0.2, -0.15) is 0 Å². The maximum Gasteiger partial charge on any atom is 0.308 e. The number of nitrogens with one attached hydrogen (secondary N) is 1. The first kappa shape index (κ1) is 19.0. The molecule has 0 radical (unpaired) electrons. The molecule has 0 aliphatic carbocycles. The zero-order chi connectivity index (χ0) is 19.4. The highest BCUT2D eigenvalue weighted by atomic mass is 32.2. The molecule has 2 amide bonds. The fourth-order valence-electron chi connectivity index (χ4n) is 2.73. The second-order valence-corrected chi connectivity index (χ2v) is 7.41. The molecule has 2 atom stereocenters. The minimum atomic E-state index is -0.938. The number of nitrogens with zero attached hydrogens (tertiary/aromatic N) is 1. The van der Waals surface area contributed by atoms with Gasteiger partial charge < -0.3 is 15.0 Å². The van der Waals surface area contributed by atoms with Gasteiger partial charge in [0.2, 0.25) is 5.91 Å². The Hall–Kier alpha value is -2.80. The molecule has 2 aromatic carbocycles. The van der Waals surface area contributed by atoms with E-state index in [1.54, 1.807) is 19.2 Å². The molecule has 0 bridgehead atoms. The smallest absolute Gasteiger partial charge is 0.308 e. The van der Waals surface area contributed by atoms with Crippen LogP contribution in [0.1, 0.15) is 13.3 Å². The lowest BCUT2D eigenvalue weighted by atomic mass is 10.2. The standard InChI is InChI=1S/C20H20N2O4S/c1-13(20(25)22(2)14-8-4-3-5-9-14)26-18(23)12-17-19(24)21-15-10-6-7-11-16(15)27-17/h3-11,13,17H,12H2,1-2H3,(H,21,24)/t13-,17-/m1/s1. The zero-order valence-corrected chi connectivity index (χ0v) is 15.9. The average Bonchev–Trinajstić information content (AvgIpc) is 2.68. The number of hydrogen-bond acceptors (Lipinski definition) is 5. The SMILES string of the molecule is C[C@@H](OC(=O)C[C@H]1Sc2ccccc2NC1=O)C(=O)N(C)c1ccccc1. The van der Waals surface area contributed by atoms with Crippen molar-refractivity contribution in [1.29, 1.82) is 0 Å². The monoisotopic (exact) mass is 384 g/mol. The van der Waals surface area contributed by atoms with Gasteiger partial charge in [-0.15, -0.1) is 11.8 Å². The Morgan fingerprint density at radius 1 is 1.15 bits per heavy atom. The van der Waals surface area contributed by atoms with E-state index in [1.807, 2.05) is 42.5 Å². The highest BCUT2D eigenvalue weighted by Gasteiger charge is 2.31. The fraction of sp³-hybridized carbons (Fsp3) is 0.250. The van der Waals surface area contributed by atoms with Crippen LogP contribution in [-0.2, 0) is 19.1 Å². The summed E-state index contributed by atoms with van der Waals surface area (Å²) in [5, 5.41) is 2.21. The van der Waals surface area contributed by atoms with Crippen molar-refractivity contribution < 1.29 is 19.1 Å². The highest BCUT2D eigenvalue weighted by Crippen LogP contribution is 2.36. The lowest BCUT2D eigenvalue weighted by Gasteiger charge is -2.24. The number of hydrogen-bond donors (Lipinski definition) is 1. The number of rotatable bonds is 5. The summed E-state index contributed by atoms with van der Waals surface area (Å²) in [5.74, 6) is -1.15. The van der Waals surface area contributed by atoms with Crippen molar-refractivity contribution in [3.05, 3.63) is 54.6 Å². The van der Waals surface area contributed by atoms with Crippen molar-refractivity contribution in [2.75, 3.05) is 17.3 Å². The van der Waals surface area contributed by atoms with Gasteiger partial charge in [-0.1, -0.05) is 30.3 Å². The largest absolute Gasteiger partial charge is 0.452 e. The molecule has 3 rings (SSSR count). The number of esters is 1. The molecular weight excluding hydrogens is 364 g/mol. The van der Waals surface area contributed by atoms with Crippen LogP contribution in [0.25, 0.3) is 0 Å². The molecule has 0 saturated heterocycles. The Kier molecular flexibility index (Phi) is 5.81. The Morgan fingerprint density at radius 3 is 2.56 bits per heavy atom. The number of benzene rings is 2. The van der Waals surface area contributed by atoms with Crippen LogP contribution in [0, 0.1) is 0 Å². The maximum atomic E-state index is 12.5. The molecule has 7 heteroatoms. The van der Waals surface area contributed by atoms with Crippen molar-refractivity contribution in [3.8, 4) is 0 Å². The third-order valence-electron chi connectivity index (χ3n) is 4.19. The Balaban J connectivity index is 1.57. The number of likely N-dealkylation sites (N-methyl/N-ethyl adjacent to an activating group) is 1. The van der Waals surface area contributed by atoms with E-state index in [9.17, 15) is 14.4 Å². The molecule has 0 unspecified atom stereocenters. The molecular formula is C20H20N2O4S. The first-order valence-electron chi connectivity index (χ1n) is 8.54. The topological polar surface area (TPSA) is 75.7 Å². The number of ether oxygens (including phenoxy) is 1. The van der Waals surface area contributed by atoms with Crippen LogP contribution < -0.4 is 10.2 Å². The van der Waals surface area contributed by atoms with Crippen molar-refractivity contribution in [1.82, 2.24) is 0 Å². The van der Waals surface area contributed by atoms with E-state index in [0.29, 0.717) is 5.69 Å². The molecule has 2 aromatic rings. The van der Waals surface area contributed by atoms with E-state index in [4.69, 9.17) is 4.74 Å². The molecule has 0 fully saturated rings. The van der Waals surface area contributed by atoms with E-state index in [-0.39, 0.29) is 18.2 Å². The molecule has 6 nitrogen and oxygen atoms in total. The van der Waals surface area contributed by atoms with Crippen LogP contribution in [0.3, 0.4) is 0 Å². The van der Waals surface area contributed by atoms with Gasteiger partial charge in [0.15, 0.2) is 6.10 Å². The Labute approximate surface area is 161 Å². The summed E-state index contributed by atoms with van der Waals surface area (Å²) in [6.45, 7) is 1.53. The second kappa shape index (κ2) is 8.26. The van der Waals surface area contributed by atoms with Crippen LogP contribution in [0.15, 0.2) is 59.5 Å². The van der Waals surface area contributed by atoms with E-state index in [0.717, 1.165) is 10.6 Å². The number of amides is 2. The summed E-state index contributed by atoms with van der Waals surface area (Å²) in [7, 11) is 1.63. The van der Waals surface area contributed by atoms with Gasteiger partial charge in [-0.25, -0.2) is 0 Å². The molecule has 27 heavy (non-hydrogen) atoms. The lowest BCUT2D eigenvalue weighted by Crippen LogP contribution is -2.38. The predicted molar refractivity (Wildman–Crippen MR) is 105 cm³/mol. The number of carbonyl (C=O) groups excluding carboxylic acids is 3. The summed E-state index contributed by atoms with van der Waals surface area (Å²) in [6.07, 6.45) is -1.04. The van der Waals surface area contributed by atoms with Crippen molar-refractivity contribution in [2.45, 2.75) is 29.6 Å². The Bertz CT molecular complexity index is 856. The van der Waals surface area contributed by atoms with Crippen LogP contribution >= 0.6 is 11.8 Å². The van der Waals surface area contributed by atoms with Crippen LogP contribution in [-0.4, -0.2) is 36.2 Å². The Morgan fingerprint density at radius 2 is 1.81 bits per heavy atom. The third kappa shape index (κ3) is 4.49.